The van der Waals surface area contributed by atoms with Gasteiger partial charge in [0.2, 0.25) is 0 Å². The van der Waals surface area contributed by atoms with Crippen molar-refractivity contribution in [3.05, 3.63) is 28.8 Å². The Morgan fingerprint density at radius 1 is 1.56 bits per heavy atom. The highest BCUT2D eigenvalue weighted by Gasteiger charge is 2.29. The van der Waals surface area contributed by atoms with Gasteiger partial charge in [0.15, 0.2) is 0 Å². The SMILES string of the molecule is Cc1ccc(N2C(=O)COCC2CCN)cc1Cl. The number of amides is 1. The summed E-state index contributed by atoms with van der Waals surface area (Å²) in [5, 5.41) is 0.665. The van der Waals surface area contributed by atoms with Crippen LogP contribution in [0.2, 0.25) is 5.02 Å². The number of benzene rings is 1. The number of carbonyl (C=O) groups excluding carboxylic acids is 1. The summed E-state index contributed by atoms with van der Waals surface area (Å²) in [6, 6.07) is 5.65. The van der Waals surface area contributed by atoms with Crippen molar-refractivity contribution in [2.75, 3.05) is 24.7 Å². The summed E-state index contributed by atoms with van der Waals surface area (Å²) in [4.78, 5) is 13.7. The largest absolute Gasteiger partial charge is 0.369 e. The van der Waals surface area contributed by atoms with Crippen molar-refractivity contribution < 1.29 is 9.53 Å². The van der Waals surface area contributed by atoms with E-state index in [1.165, 1.54) is 0 Å². The smallest absolute Gasteiger partial charge is 0.253 e. The first kappa shape index (κ1) is 13.3. The fraction of sp³-hybridized carbons (Fsp3) is 0.462. The van der Waals surface area contributed by atoms with Gasteiger partial charge in [-0.2, -0.15) is 0 Å². The monoisotopic (exact) mass is 268 g/mol. The molecule has 0 spiro atoms. The maximum Gasteiger partial charge on any atom is 0.253 e. The van der Waals surface area contributed by atoms with Crippen LogP contribution >= 0.6 is 11.6 Å². The molecule has 1 aliphatic heterocycles. The lowest BCUT2D eigenvalue weighted by atomic mass is 10.1. The number of ether oxygens (including phenoxy) is 1. The Morgan fingerprint density at radius 3 is 3.00 bits per heavy atom. The van der Waals surface area contributed by atoms with Crippen LogP contribution in [0.15, 0.2) is 18.2 Å². The molecule has 0 bridgehead atoms. The molecule has 0 aliphatic carbocycles. The van der Waals surface area contributed by atoms with Gasteiger partial charge < -0.3 is 15.4 Å². The Morgan fingerprint density at radius 2 is 2.33 bits per heavy atom. The van der Waals surface area contributed by atoms with Gasteiger partial charge in [-0.25, -0.2) is 0 Å². The Labute approximate surface area is 112 Å². The third kappa shape index (κ3) is 2.66. The van der Waals surface area contributed by atoms with Gasteiger partial charge in [0.1, 0.15) is 6.61 Å². The number of nitrogens with two attached hydrogens (primary N) is 1. The number of carbonyl (C=O) groups is 1. The second-order valence-corrected chi connectivity index (χ2v) is 4.85. The molecule has 1 aliphatic rings. The highest BCUT2D eigenvalue weighted by atomic mass is 35.5. The van der Waals surface area contributed by atoms with Gasteiger partial charge in [-0.3, -0.25) is 4.79 Å². The molecule has 0 saturated carbocycles. The summed E-state index contributed by atoms with van der Waals surface area (Å²) in [6.07, 6.45) is 0.719. The second-order valence-electron chi connectivity index (χ2n) is 4.44. The molecule has 0 radical (unpaired) electrons. The van der Waals surface area contributed by atoms with Crippen LogP contribution in [0.5, 0.6) is 0 Å². The van der Waals surface area contributed by atoms with E-state index in [9.17, 15) is 4.79 Å². The number of hydrogen-bond donors (Lipinski definition) is 1. The summed E-state index contributed by atoms with van der Waals surface area (Å²) >= 11 is 6.11. The Bertz CT molecular complexity index is 449. The first-order valence-electron chi connectivity index (χ1n) is 5.99. The summed E-state index contributed by atoms with van der Waals surface area (Å²) < 4.78 is 5.27. The van der Waals surface area contributed by atoms with Crippen molar-refractivity contribution >= 4 is 23.2 Å². The lowest BCUT2D eigenvalue weighted by Gasteiger charge is -2.35. The minimum Gasteiger partial charge on any atom is -0.369 e. The lowest BCUT2D eigenvalue weighted by molar-refractivity contribution is -0.127. The quantitative estimate of drug-likeness (QED) is 0.908. The standard InChI is InChI=1S/C13H17ClN2O2/c1-9-2-3-10(6-12(9)14)16-11(4-5-15)7-18-8-13(16)17/h2-3,6,11H,4-5,7-8,15H2,1H3. The van der Waals surface area contributed by atoms with E-state index in [0.29, 0.717) is 18.2 Å². The molecule has 1 aromatic rings. The highest BCUT2D eigenvalue weighted by molar-refractivity contribution is 6.31. The maximum absolute atomic E-state index is 12.0. The summed E-state index contributed by atoms with van der Waals surface area (Å²) in [5.41, 5.74) is 7.39. The predicted molar refractivity (Wildman–Crippen MR) is 72.0 cm³/mol. The van der Waals surface area contributed by atoms with Crippen molar-refractivity contribution in [2.24, 2.45) is 5.73 Å². The first-order chi connectivity index (χ1) is 8.63. The fourth-order valence-electron chi connectivity index (χ4n) is 2.12. The van der Waals surface area contributed by atoms with Gasteiger partial charge in [0.25, 0.3) is 5.91 Å². The van der Waals surface area contributed by atoms with Crippen LogP contribution in [0.1, 0.15) is 12.0 Å². The number of rotatable bonds is 3. The van der Waals surface area contributed by atoms with Crippen LogP contribution in [-0.2, 0) is 9.53 Å². The zero-order valence-electron chi connectivity index (χ0n) is 10.4. The topological polar surface area (TPSA) is 55.6 Å². The average Bonchev–Trinajstić information content (AvgIpc) is 2.34. The van der Waals surface area contributed by atoms with Crippen molar-refractivity contribution in [3.63, 3.8) is 0 Å². The molecule has 2 rings (SSSR count). The van der Waals surface area contributed by atoms with E-state index in [0.717, 1.165) is 17.7 Å². The minimum absolute atomic E-state index is 0.00461. The van der Waals surface area contributed by atoms with Crippen molar-refractivity contribution in [2.45, 2.75) is 19.4 Å². The van der Waals surface area contributed by atoms with Gasteiger partial charge in [0.05, 0.1) is 12.6 Å². The third-order valence-electron chi connectivity index (χ3n) is 3.10. The molecule has 18 heavy (non-hydrogen) atoms. The van der Waals surface area contributed by atoms with Crippen LogP contribution in [0.4, 0.5) is 5.69 Å². The van der Waals surface area contributed by atoms with Crippen LogP contribution in [0.25, 0.3) is 0 Å². The molecular weight excluding hydrogens is 252 g/mol. The van der Waals surface area contributed by atoms with E-state index >= 15 is 0 Å². The van der Waals surface area contributed by atoms with Gasteiger partial charge in [-0.05, 0) is 37.6 Å². The molecular formula is C13H17ClN2O2. The zero-order valence-corrected chi connectivity index (χ0v) is 11.1. The van der Waals surface area contributed by atoms with Crippen LogP contribution in [-0.4, -0.2) is 31.7 Å². The van der Waals surface area contributed by atoms with Crippen molar-refractivity contribution in [1.29, 1.82) is 0 Å². The van der Waals surface area contributed by atoms with Crippen LogP contribution < -0.4 is 10.6 Å². The molecule has 1 aromatic carbocycles. The van der Waals surface area contributed by atoms with E-state index in [2.05, 4.69) is 0 Å². The van der Waals surface area contributed by atoms with Gasteiger partial charge >= 0.3 is 0 Å². The fourth-order valence-corrected chi connectivity index (χ4v) is 2.30. The van der Waals surface area contributed by atoms with E-state index < -0.39 is 0 Å². The van der Waals surface area contributed by atoms with Gasteiger partial charge in [-0.15, -0.1) is 0 Å². The second kappa shape index (κ2) is 5.69. The average molecular weight is 269 g/mol. The third-order valence-corrected chi connectivity index (χ3v) is 3.51. The van der Waals surface area contributed by atoms with Gasteiger partial charge in [-0.1, -0.05) is 17.7 Å². The van der Waals surface area contributed by atoms with E-state index in [1.807, 2.05) is 25.1 Å². The summed E-state index contributed by atoms with van der Waals surface area (Å²) in [6.45, 7) is 3.10. The van der Waals surface area contributed by atoms with Crippen molar-refractivity contribution in [3.8, 4) is 0 Å². The Kier molecular flexibility index (Phi) is 4.22. The highest BCUT2D eigenvalue weighted by Crippen LogP contribution is 2.27. The normalized spacial score (nSPS) is 20.3. The molecule has 2 N–H and O–H groups in total. The van der Waals surface area contributed by atoms with Crippen LogP contribution in [0.3, 0.4) is 0 Å². The first-order valence-corrected chi connectivity index (χ1v) is 6.37. The zero-order chi connectivity index (χ0) is 13.1. The molecule has 1 unspecified atom stereocenters. The van der Waals surface area contributed by atoms with Crippen LogP contribution in [0, 0.1) is 6.92 Å². The molecule has 1 fully saturated rings. The Hall–Kier alpha value is -1.10. The number of halogens is 1. The van der Waals surface area contributed by atoms with E-state index in [-0.39, 0.29) is 18.6 Å². The number of anilines is 1. The lowest BCUT2D eigenvalue weighted by Crippen LogP contribution is -2.50. The molecule has 5 heteroatoms. The number of morpholine rings is 1. The maximum atomic E-state index is 12.0. The number of hydrogen-bond acceptors (Lipinski definition) is 3. The molecule has 1 atom stereocenters. The molecule has 1 heterocycles. The minimum atomic E-state index is -0.0420. The molecule has 98 valence electrons. The molecule has 0 aromatic heterocycles. The molecule has 1 amide bonds. The van der Waals surface area contributed by atoms with E-state index in [4.69, 9.17) is 22.1 Å². The molecule has 1 saturated heterocycles. The predicted octanol–water partition coefficient (Wildman–Crippen LogP) is 1.73. The number of aryl methyl sites for hydroxylation is 1. The van der Waals surface area contributed by atoms with E-state index in [1.54, 1.807) is 4.90 Å². The number of nitrogens with zero attached hydrogens (tertiary/aromatic N) is 1. The van der Waals surface area contributed by atoms with Crippen molar-refractivity contribution in [1.82, 2.24) is 0 Å². The molecule has 4 nitrogen and oxygen atoms in total. The Balaban J connectivity index is 2.31. The van der Waals surface area contributed by atoms with Gasteiger partial charge in [0, 0.05) is 10.7 Å². The summed E-state index contributed by atoms with van der Waals surface area (Å²) in [5.74, 6) is -0.0420. The summed E-state index contributed by atoms with van der Waals surface area (Å²) in [7, 11) is 0.